The Kier molecular flexibility index (Phi) is 8.62. The Morgan fingerprint density at radius 2 is 0.978 bits per heavy atom. The van der Waals surface area contributed by atoms with Crippen LogP contribution in [0.5, 0.6) is 0 Å². The van der Waals surface area contributed by atoms with E-state index in [2.05, 4.69) is 10.2 Å². The Morgan fingerprint density at radius 1 is 0.652 bits per heavy atom. The Labute approximate surface area is 262 Å². The third kappa shape index (κ3) is 5.51. The van der Waals surface area contributed by atoms with E-state index in [1.807, 2.05) is 0 Å². The zero-order valence-electron chi connectivity index (χ0n) is 26.0. The lowest BCUT2D eigenvalue weighted by Crippen LogP contribution is -2.21. The van der Waals surface area contributed by atoms with Gasteiger partial charge in [-0.15, -0.1) is 0 Å². The molecule has 0 bridgehead atoms. The smallest absolute Gasteiger partial charge is 0.339 e. The van der Waals surface area contributed by atoms with E-state index < -0.39 is 69.4 Å². The lowest BCUT2D eigenvalue weighted by Gasteiger charge is -2.20. The Hall–Kier alpha value is -5.03. The lowest BCUT2D eigenvalue weighted by molar-refractivity contribution is 0.0587. The van der Waals surface area contributed by atoms with Gasteiger partial charge >= 0.3 is 11.9 Å². The summed E-state index contributed by atoms with van der Waals surface area (Å²) in [5, 5.41) is 5.25. The molecular weight excluding hydrogens is 644 g/mol. The first-order valence-electron chi connectivity index (χ1n) is 13.2. The second-order valence-corrected chi connectivity index (χ2v) is 14.5. The molecule has 2 heterocycles. The van der Waals surface area contributed by atoms with Crippen molar-refractivity contribution in [2.75, 3.05) is 26.7 Å². The first-order valence-corrected chi connectivity index (χ1v) is 17.0. The number of sulfone groups is 2. The van der Waals surface area contributed by atoms with Crippen molar-refractivity contribution in [1.29, 1.82) is 0 Å². The molecule has 4 rings (SSSR count). The van der Waals surface area contributed by atoms with E-state index in [1.165, 1.54) is 40.3 Å². The number of esters is 2. The van der Waals surface area contributed by atoms with Crippen molar-refractivity contribution in [2.45, 2.75) is 23.6 Å². The maximum atomic E-state index is 14.5. The van der Waals surface area contributed by atoms with Gasteiger partial charge in [-0.1, -0.05) is 0 Å². The summed E-state index contributed by atoms with van der Waals surface area (Å²) >= 11 is 0. The number of carbonyl (C=O) groups excluding carboxylic acids is 3. The van der Waals surface area contributed by atoms with Crippen molar-refractivity contribution >= 4 is 37.4 Å². The van der Waals surface area contributed by atoms with Gasteiger partial charge in [-0.05, 0) is 37.1 Å². The molecule has 0 aliphatic heterocycles. The SMILES string of the molecule is COC(=O)c1c(C)c(C(=O)c2cc(-c3c[nH]n(C)c3=O)c(S(C)(=O)=O)c(C(=O)OC)c2C)cc(-c2c[nH]n(C)c2=O)c1S(C)(=O)=O. The van der Waals surface area contributed by atoms with E-state index in [-0.39, 0.29) is 44.5 Å². The highest BCUT2D eigenvalue weighted by Crippen LogP contribution is 2.38. The number of methoxy groups -OCH3 is 2. The number of hydrogen-bond donors (Lipinski definition) is 2. The maximum Gasteiger partial charge on any atom is 0.339 e. The molecule has 0 atom stereocenters. The third-order valence-electron chi connectivity index (χ3n) is 7.54. The summed E-state index contributed by atoms with van der Waals surface area (Å²) in [5.41, 5.74) is -4.11. The highest BCUT2D eigenvalue weighted by Gasteiger charge is 2.35. The molecule has 0 aliphatic rings. The minimum Gasteiger partial charge on any atom is -0.465 e. The first kappa shape index (κ1) is 33.9. The molecule has 46 heavy (non-hydrogen) atoms. The van der Waals surface area contributed by atoms with Crippen LogP contribution >= 0.6 is 0 Å². The number of hydrogen-bond acceptors (Lipinski definition) is 11. The third-order valence-corrected chi connectivity index (χ3v) is 9.88. The number of rotatable bonds is 8. The van der Waals surface area contributed by atoms with Gasteiger partial charge in [0.1, 0.15) is 0 Å². The molecule has 0 fully saturated rings. The van der Waals surface area contributed by atoms with Gasteiger partial charge in [0.05, 0.1) is 46.3 Å². The van der Waals surface area contributed by atoms with Crippen LogP contribution in [0.4, 0.5) is 0 Å². The van der Waals surface area contributed by atoms with Crippen LogP contribution in [0.3, 0.4) is 0 Å². The molecule has 4 aromatic rings. The van der Waals surface area contributed by atoms with Crippen LogP contribution in [0.25, 0.3) is 22.3 Å². The predicted octanol–water partition coefficient (Wildman–Crippen LogP) is 1.30. The number of nitrogens with one attached hydrogen (secondary N) is 2. The quantitative estimate of drug-likeness (QED) is 0.201. The van der Waals surface area contributed by atoms with Crippen molar-refractivity contribution in [1.82, 2.24) is 19.6 Å². The van der Waals surface area contributed by atoms with Crippen molar-refractivity contribution in [3.63, 3.8) is 0 Å². The van der Waals surface area contributed by atoms with Gasteiger partial charge in [-0.25, -0.2) is 26.4 Å². The summed E-state index contributed by atoms with van der Waals surface area (Å²) in [7, 11) is -3.71. The monoisotopic (exact) mass is 674 g/mol. The van der Waals surface area contributed by atoms with Crippen molar-refractivity contribution in [2.24, 2.45) is 14.1 Å². The molecule has 2 aromatic heterocycles. The molecular formula is C29H30N4O11S2. The normalized spacial score (nSPS) is 11.8. The van der Waals surface area contributed by atoms with E-state index in [9.17, 15) is 40.8 Å². The number of aromatic nitrogens is 4. The summed E-state index contributed by atoms with van der Waals surface area (Å²) in [4.78, 5) is 65.6. The number of nitrogens with zero attached hydrogens (tertiary/aromatic N) is 2. The highest BCUT2D eigenvalue weighted by molar-refractivity contribution is 7.91. The lowest BCUT2D eigenvalue weighted by atomic mass is 9.87. The Balaban J connectivity index is 2.24. The average molecular weight is 675 g/mol. The molecule has 0 saturated heterocycles. The molecule has 0 aliphatic carbocycles. The van der Waals surface area contributed by atoms with Crippen LogP contribution in [0.2, 0.25) is 0 Å². The maximum absolute atomic E-state index is 14.5. The van der Waals surface area contributed by atoms with Crippen LogP contribution in [-0.2, 0) is 43.2 Å². The van der Waals surface area contributed by atoms with Gasteiger partial charge in [0, 0.05) is 61.3 Å². The molecule has 15 nitrogen and oxygen atoms in total. The molecule has 0 amide bonds. The fraction of sp³-hybridized carbons (Fsp3) is 0.276. The summed E-state index contributed by atoms with van der Waals surface area (Å²) < 4.78 is 64.3. The zero-order chi connectivity index (χ0) is 34.6. The molecule has 17 heteroatoms. The Morgan fingerprint density at radius 3 is 1.22 bits per heavy atom. The number of ether oxygens (including phenoxy) is 2. The van der Waals surface area contributed by atoms with Crippen molar-refractivity contribution in [3.05, 3.63) is 78.6 Å². The molecule has 2 aromatic carbocycles. The van der Waals surface area contributed by atoms with Gasteiger partial charge in [0.2, 0.25) is 0 Å². The van der Waals surface area contributed by atoms with E-state index in [1.54, 1.807) is 0 Å². The Bertz CT molecular complexity index is 2160. The van der Waals surface area contributed by atoms with Crippen LogP contribution in [-0.4, -0.2) is 80.8 Å². The van der Waals surface area contributed by atoms with Crippen LogP contribution in [0.1, 0.15) is 47.8 Å². The van der Waals surface area contributed by atoms with Gasteiger partial charge in [0.15, 0.2) is 25.5 Å². The summed E-state index contributed by atoms with van der Waals surface area (Å²) in [6, 6.07) is 2.25. The number of aromatic amines is 2. The summed E-state index contributed by atoms with van der Waals surface area (Å²) in [6.45, 7) is 2.61. The number of aryl methyl sites for hydroxylation is 2. The number of carbonyl (C=O) groups is 3. The fourth-order valence-electron chi connectivity index (χ4n) is 5.31. The molecule has 0 unspecified atom stereocenters. The second kappa shape index (κ2) is 11.7. The average Bonchev–Trinajstić information content (AvgIpc) is 3.49. The van der Waals surface area contributed by atoms with Gasteiger partial charge in [-0.2, -0.15) is 0 Å². The number of benzene rings is 2. The van der Waals surface area contributed by atoms with E-state index >= 15 is 0 Å². The number of H-pyrrole nitrogens is 2. The summed E-state index contributed by atoms with van der Waals surface area (Å²) in [6.07, 6.45) is 4.07. The van der Waals surface area contributed by atoms with Gasteiger partial charge < -0.3 is 19.7 Å². The van der Waals surface area contributed by atoms with Crippen LogP contribution in [0.15, 0.2) is 43.9 Å². The molecule has 0 radical (unpaired) electrons. The predicted molar refractivity (Wildman–Crippen MR) is 165 cm³/mol. The first-order chi connectivity index (χ1) is 21.3. The molecule has 0 spiro atoms. The van der Waals surface area contributed by atoms with E-state index in [4.69, 9.17) is 9.47 Å². The number of ketones is 1. The summed E-state index contributed by atoms with van der Waals surface area (Å²) in [5.74, 6) is -3.12. The van der Waals surface area contributed by atoms with E-state index in [0.717, 1.165) is 48.2 Å². The van der Waals surface area contributed by atoms with Gasteiger partial charge in [-0.3, -0.25) is 23.7 Å². The molecule has 0 saturated carbocycles. The standard InChI is InChI=1S/C29H30N4O11S2/c1-13-15(9-17(19-11-30-32(3)26(19)35)24(45(7,39)40)21(13)28(37)43-5)23(34)16-10-18(20-12-31-33(4)27(20)36)25(46(8,41)42)22(14(16)2)29(38)44-6/h9-12,30-31H,1-8H3. The minimum absolute atomic E-state index is 0.140. The van der Waals surface area contributed by atoms with Crippen LogP contribution < -0.4 is 11.1 Å². The van der Waals surface area contributed by atoms with Crippen molar-refractivity contribution in [3.8, 4) is 22.3 Å². The minimum atomic E-state index is -4.24. The van der Waals surface area contributed by atoms with Crippen LogP contribution in [0, 0.1) is 13.8 Å². The van der Waals surface area contributed by atoms with Gasteiger partial charge in [0.25, 0.3) is 11.1 Å². The molecule has 244 valence electrons. The van der Waals surface area contributed by atoms with E-state index in [0.29, 0.717) is 0 Å². The zero-order valence-corrected chi connectivity index (χ0v) is 27.6. The highest BCUT2D eigenvalue weighted by atomic mass is 32.2. The largest absolute Gasteiger partial charge is 0.465 e. The molecule has 2 N–H and O–H groups in total. The second-order valence-electron chi connectivity index (χ2n) is 10.6. The van der Waals surface area contributed by atoms with Crippen molar-refractivity contribution < 1.29 is 40.7 Å². The fourth-order valence-corrected chi connectivity index (χ4v) is 7.66. The topological polar surface area (TPSA) is 214 Å².